The van der Waals surface area contributed by atoms with Gasteiger partial charge in [-0.05, 0) is 30.4 Å². The fourth-order valence-electron chi connectivity index (χ4n) is 2.74. The normalized spacial score (nSPS) is 19.4. The van der Waals surface area contributed by atoms with E-state index in [9.17, 15) is 9.59 Å². The summed E-state index contributed by atoms with van der Waals surface area (Å²) in [7, 11) is 1.91. The summed E-state index contributed by atoms with van der Waals surface area (Å²) in [4.78, 5) is 25.6. The average molecular weight is 367 g/mol. The fraction of sp³-hybridized carbons (Fsp3) is 0.294. The molecule has 0 saturated carbocycles. The van der Waals surface area contributed by atoms with Crippen LogP contribution in [-0.4, -0.2) is 36.4 Å². The molecule has 126 valence electrons. The molecule has 1 aliphatic carbocycles. The van der Waals surface area contributed by atoms with Gasteiger partial charge in [0, 0.05) is 35.6 Å². The highest BCUT2D eigenvalue weighted by Crippen LogP contribution is 2.31. The minimum absolute atomic E-state index is 0.0361. The molecule has 0 spiro atoms. The second-order valence-electron chi connectivity index (χ2n) is 5.67. The first kappa shape index (κ1) is 16.9. The number of carbonyl (C=O) groups is 2. The molecular weight excluding hydrogens is 351 g/mol. The smallest absolute Gasteiger partial charge is 0.251 e. The first-order chi connectivity index (χ1) is 11.4. The fourth-order valence-corrected chi connectivity index (χ4v) is 3.26. The molecule has 1 aromatic rings. The summed E-state index contributed by atoms with van der Waals surface area (Å²) in [6, 6.07) is 4.71. The Morgan fingerprint density at radius 3 is 2.71 bits per heavy atom. The Labute approximate surface area is 149 Å². The number of nitrogens with one attached hydrogen (secondary N) is 1. The Balaban J connectivity index is 1.53. The molecular formula is C17H16Cl2N2O3. The zero-order valence-electron chi connectivity index (χ0n) is 13.0. The summed E-state index contributed by atoms with van der Waals surface area (Å²) in [6.45, 7) is 0.427. The molecule has 2 aliphatic rings. The second kappa shape index (κ2) is 6.87. The summed E-state index contributed by atoms with van der Waals surface area (Å²) >= 11 is 11.8. The van der Waals surface area contributed by atoms with Crippen LogP contribution in [0.2, 0.25) is 10.0 Å². The van der Waals surface area contributed by atoms with Gasteiger partial charge in [-0.1, -0.05) is 23.2 Å². The van der Waals surface area contributed by atoms with Crippen molar-refractivity contribution in [2.75, 3.05) is 13.6 Å². The summed E-state index contributed by atoms with van der Waals surface area (Å²) in [6.07, 6.45) is 4.01. The van der Waals surface area contributed by atoms with Gasteiger partial charge in [0.1, 0.15) is 5.76 Å². The Kier molecular flexibility index (Phi) is 4.83. The zero-order valence-corrected chi connectivity index (χ0v) is 14.5. The lowest BCUT2D eigenvalue weighted by atomic mass is 10.1. The molecule has 5 nitrogen and oxygen atoms in total. The molecule has 1 atom stereocenters. The molecule has 1 N–H and O–H groups in total. The highest BCUT2D eigenvalue weighted by atomic mass is 35.5. The lowest BCUT2D eigenvalue weighted by Gasteiger charge is -2.22. The van der Waals surface area contributed by atoms with Crippen molar-refractivity contribution >= 4 is 34.9 Å². The average Bonchev–Trinajstić information content (AvgIpc) is 2.82. The van der Waals surface area contributed by atoms with Gasteiger partial charge in [0.2, 0.25) is 0 Å². The minimum atomic E-state index is -0.243. The van der Waals surface area contributed by atoms with E-state index >= 15 is 0 Å². The van der Waals surface area contributed by atoms with Crippen molar-refractivity contribution < 1.29 is 14.3 Å². The van der Waals surface area contributed by atoms with E-state index in [0.29, 0.717) is 40.8 Å². The first-order valence-electron chi connectivity index (χ1n) is 7.52. The molecule has 1 aromatic carbocycles. The van der Waals surface area contributed by atoms with E-state index in [1.165, 1.54) is 0 Å². The van der Waals surface area contributed by atoms with Gasteiger partial charge in [-0.15, -0.1) is 0 Å². The van der Waals surface area contributed by atoms with Crippen LogP contribution in [0.4, 0.5) is 0 Å². The van der Waals surface area contributed by atoms with Gasteiger partial charge >= 0.3 is 0 Å². The van der Waals surface area contributed by atoms with E-state index in [0.717, 1.165) is 5.70 Å². The third kappa shape index (κ3) is 3.57. The molecule has 1 aliphatic heterocycles. The predicted octanol–water partition coefficient (Wildman–Crippen LogP) is 3.14. The van der Waals surface area contributed by atoms with Crippen LogP contribution in [0.5, 0.6) is 0 Å². The van der Waals surface area contributed by atoms with Gasteiger partial charge in [0.25, 0.3) is 5.91 Å². The summed E-state index contributed by atoms with van der Waals surface area (Å²) in [5.41, 5.74) is 1.34. The molecule has 0 bridgehead atoms. The zero-order chi connectivity index (χ0) is 17.3. The van der Waals surface area contributed by atoms with Crippen molar-refractivity contribution in [3.63, 3.8) is 0 Å². The third-order valence-electron chi connectivity index (χ3n) is 3.94. The van der Waals surface area contributed by atoms with E-state index in [1.54, 1.807) is 30.4 Å². The molecule has 0 fully saturated rings. The van der Waals surface area contributed by atoms with Crippen LogP contribution in [-0.2, 0) is 9.53 Å². The quantitative estimate of drug-likeness (QED) is 0.888. The van der Waals surface area contributed by atoms with Crippen molar-refractivity contribution in [3.8, 4) is 0 Å². The number of nitrogens with zero attached hydrogens (tertiary/aromatic N) is 1. The van der Waals surface area contributed by atoms with Gasteiger partial charge < -0.3 is 15.0 Å². The van der Waals surface area contributed by atoms with Gasteiger partial charge in [-0.25, -0.2) is 0 Å². The van der Waals surface area contributed by atoms with Gasteiger partial charge in [-0.3, -0.25) is 9.59 Å². The van der Waals surface area contributed by atoms with Crippen LogP contribution in [0.25, 0.3) is 0 Å². The first-order valence-corrected chi connectivity index (χ1v) is 8.27. The van der Waals surface area contributed by atoms with Crippen molar-refractivity contribution in [1.29, 1.82) is 0 Å². The SMILES string of the molecule is CN1C2=C(CC(=O)C=C2)OC1CCNC(=O)c1cc(Cl)cc(Cl)c1. The van der Waals surface area contributed by atoms with Crippen LogP contribution in [0, 0.1) is 0 Å². The van der Waals surface area contributed by atoms with E-state index in [4.69, 9.17) is 27.9 Å². The topological polar surface area (TPSA) is 58.6 Å². The standard InChI is InChI=1S/C17H16Cl2N2O3/c1-21-14-3-2-13(22)9-15(14)24-16(21)4-5-20-17(23)10-6-11(18)8-12(19)7-10/h2-3,6-8,16H,4-5,9H2,1H3,(H,20,23). The summed E-state index contributed by atoms with van der Waals surface area (Å²) < 4.78 is 5.81. The lowest BCUT2D eigenvalue weighted by molar-refractivity contribution is -0.114. The maximum Gasteiger partial charge on any atom is 0.251 e. The molecule has 0 aromatic heterocycles. The summed E-state index contributed by atoms with van der Waals surface area (Å²) in [5, 5.41) is 3.66. The number of carbonyl (C=O) groups excluding carboxylic acids is 2. The van der Waals surface area contributed by atoms with Crippen LogP contribution < -0.4 is 5.32 Å². The highest BCUT2D eigenvalue weighted by Gasteiger charge is 2.31. The number of halogens is 2. The number of rotatable bonds is 4. The second-order valence-corrected chi connectivity index (χ2v) is 6.54. The van der Waals surface area contributed by atoms with Crippen molar-refractivity contribution in [1.82, 2.24) is 10.2 Å². The number of ketones is 1. The number of hydrogen-bond donors (Lipinski definition) is 1. The summed E-state index contributed by atoms with van der Waals surface area (Å²) in [5.74, 6) is 0.490. The van der Waals surface area contributed by atoms with E-state index in [1.807, 2.05) is 11.9 Å². The number of benzene rings is 1. The molecule has 0 saturated heterocycles. The van der Waals surface area contributed by atoms with Crippen LogP contribution in [0.3, 0.4) is 0 Å². The van der Waals surface area contributed by atoms with E-state index in [2.05, 4.69) is 5.32 Å². The monoisotopic (exact) mass is 366 g/mol. The molecule has 24 heavy (non-hydrogen) atoms. The molecule has 1 amide bonds. The Hall–Kier alpha value is -1.98. The predicted molar refractivity (Wildman–Crippen MR) is 91.8 cm³/mol. The number of allylic oxidation sites excluding steroid dienone is 3. The van der Waals surface area contributed by atoms with Crippen molar-refractivity contribution in [2.24, 2.45) is 0 Å². The lowest BCUT2D eigenvalue weighted by Crippen LogP contribution is -2.32. The highest BCUT2D eigenvalue weighted by molar-refractivity contribution is 6.35. The van der Waals surface area contributed by atoms with Gasteiger partial charge in [-0.2, -0.15) is 0 Å². The van der Waals surface area contributed by atoms with Crippen molar-refractivity contribution in [2.45, 2.75) is 19.1 Å². The van der Waals surface area contributed by atoms with Gasteiger partial charge in [0.15, 0.2) is 12.0 Å². The number of likely N-dealkylation sites (N-methyl/N-ethyl adjacent to an activating group) is 1. The van der Waals surface area contributed by atoms with E-state index < -0.39 is 0 Å². The molecule has 3 rings (SSSR count). The van der Waals surface area contributed by atoms with Crippen molar-refractivity contribution in [3.05, 3.63) is 57.4 Å². The number of amides is 1. The Morgan fingerprint density at radius 1 is 1.29 bits per heavy atom. The largest absolute Gasteiger partial charge is 0.472 e. The van der Waals surface area contributed by atoms with Gasteiger partial charge in [0.05, 0.1) is 12.1 Å². The number of hydrogen-bond acceptors (Lipinski definition) is 4. The van der Waals surface area contributed by atoms with Crippen LogP contribution in [0.1, 0.15) is 23.2 Å². The molecule has 1 unspecified atom stereocenters. The Morgan fingerprint density at radius 2 is 2.00 bits per heavy atom. The Bertz CT molecular complexity index is 738. The third-order valence-corrected chi connectivity index (χ3v) is 4.38. The van der Waals surface area contributed by atoms with Crippen LogP contribution >= 0.6 is 23.2 Å². The van der Waals surface area contributed by atoms with E-state index in [-0.39, 0.29) is 17.9 Å². The molecule has 1 heterocycles. The van der Waals surface area contributed by atoms with Crippen LogP contribution in [0.15, 0.2) is 41.8 Å². The molecule has 0 radical (unpaired) electrons. The maximum absolute atomic E-state index is 12.1. The maximum atomic E-state index is 12.1. The molecule has 7 heteroatoms. The number of ether oxygens (including phenoxy) is 1. The minimum Gasteiger partial charge on any atom is -0.472 e.